The third-order valence-electron chi connectivity index (χ3n) is 3.14. The van der Waals surface area contributed by atoms with E-state index in [4.69, 9.17) is 4.74 Å². The van der Waals surface area contributed by atoms with Gasteiger partial charge >= 0.3 is 0 Å². The third-order valence-corrected chi connectivity index (χ3v) is 3.14. The molecule has 1 N–H and O–H groups in total. The van der Waals surface area contributed by atoms with E-state index < -0.39 is 0 Å². The monoisotopic (exact) mass is 169 g/mol. The number of hydrogen-bond acceptors (Lipinski definition) is 2. The summed E-state index contributed by atoms with van der Waals surface area (Å²) < 4.78 is 5.12. The summed E-state index contributed by atoms with van der Waals surface area (Å²) >= 11 is 0. The van der Waals surface area contributed by atoms with Gasteiger partial charge in [-0.3, -0.25) is 0 Å². The number of hydrogen-bond donors (Lipinski definition) is 1. The van der Waals surface area contributed by atoms with Gasteiger partial charge < -0.3 is 10.1 Å². The molecule has 0 radical (unpaired) electrons. The van der Waals surface area contributed by atoms with Gasteiger partial charge in [-0.05, 0) is 24.7 Å². The molecule has 0 amide bonds. The maximum atomic E-state index is 5.12. The van der Waals surface area contributed by atoms with E-state index >= 15 is 0 Å². The first-order valence-corrected chi connectivity index (χ1v) is 5.16. The fourth-order valence-corrected chi connectivity index (χ4v) is 1.94. The first kappa shape index (κ1) is 8.52. The van der Waals surface area contributed by atoms with Gasteiger partial charge in [-0.1, -0.05) is 13.3 Å². The van der Waals surface area contributed by atoms with E-state index in [1.54, 1.807) is 0 Å². The van der Waals surface area contributed by atoms with Crippen LogP contribution in [0.2, 0.25) is 0 Å². The highest BCUT2D eigenvalue weighted by molar-refractivity contribution is 4.95. The summed E-state index contributed by atoms with van der Waals surface area (Å²) in [6, 6.07) is 0.666. The van der Waals surface area contributed by atoms with Crippen LogP contribution >= 0.6 is 0 Å². The van der Waals surface area contributed by atoms with Gasteiger partial charge in [-0.2, -0.15) is 0 Å². The van der Waals surface area contributed by atoms with Crippen LogP contribution in [-0.4, -0.2) is 25.8 Å². The van der Waals surface area contributed by atoms with Crippen molar-refractivity contribution in [1.82, 2.24) is 5.32 Å². The van der Waals surface area contributed by atoms with Gasteiger partial charge in [0.05, 0.1) is 19.3 Å². The molecule has 2 nitrogen and oxygen atoms in total. The minimum absolute atomic E-state index is 0.666. The Bertz CT molecular complexity index is 150. The van der Waals surface area contributed by atoms with Crippen molar-refractivity contribution in [3.63, 3.8) is 0 Å². The summed E-state index contributed by atoms with van der Waals surface area (Å²) in [6.07, 6.45) is 5.64. The zero-order valence-corrected chi connectivity index (χ0v) is 7.94. The average Bonchev–Trinajstić information content (AvgIpc) is 2.67. The summed E-state index contributed by atoms with van der Waals surface area (Å²) in [5.74, 6) is 0. The summed E-state index contributed by atoms with van der Waals surface area (Å²) in [6.45, 7) is 5.38. The predicted octanol–water partition coefficient (Wildman–Crippen LogP) is 1.56. The van der Waals surface area contributed by atoms with Gasteiger partial charge in [-0.25, -0.2) is 0 Å². The standard InChI is InChI=1S/C10H19NO/c1-2-3-10(4-5-10)8-11-9-6-12-7-9/h9,11H,2-8H2,1H3. The van der Waals surface area contributed by atoms with Crippen LogP contribution in [0.1, 0.15) is 32.6 Å². The number of rotatable bonds is 5. The normalized spacial score (nSPS) is 26.8. The molecule has 1 heterocycles. The maximum absolute atomic E-state index is 5.12. The fraction of sp³-hybridized carbons (Fsp3) is 1.00. The first-order valence-electron chi connectivity index (χ1n) is 5.16. The minimum Gasteiger partial charge on any atom is -0.378 e. The Morgan fingerprint density at radius 2 is 2.17 bits per heavy atom. The number of ether oxygens (including phenoxy) is 1. The minimum atomic E-state index is 0.666. The molecule has 2 heteroatoms. The Morgan fingerprint density at radius 1 is 1.42 bits per heavy atom. The van der Waals surface area contributed by atoms with E-state index in [1.807, 2.05) is 0 Å². The summed E-state index contributed by atoms with van der Waals surface area (Å²) in [4.78, 5) is 0. The Hall–Kier alpha value is -0.0800. The molecule has 70 valence electrons. The van der Waals surface area contributed by atoms with E-state index in [9.17, 15) is 0 Å². The van der Waals surface area contributed by atoms with Crippen LogP contribution in [0.15, 0.2) is 0 Å². The van der Waals surface area contributed by atoms with Crippen molar-refractivity contribution in [3.8, 4) is 0 Å². The van der Waals surface area contributed by atoms with Crippen LogP contribution in [0.25, 0.3) is 0 Å². The van der Waals surface area contributed by atoms with Gasteiger partial charge in [0.25, 0.3) is 0 Å². The summed E-state index contributed by atoms with van der Waals surface area (Å²) in [7, 11) is 0. The summed E-state index contributed by atoms with van der Waals surface area (Å²) in [5.41, 5.74) is 0.699. The van der Waals surface area contributed by atoms with Gasteiger partial charge in [0.15, 0.2) is 0 Å². The van der Waals surface area contributed by atoms with Crippen molar-refractivity contribution in [2.75, 3.05) is 19.8 Å². The molecule has 1 saturated carbocycles. The quantitative estimate of drug-likeness (QED) is 0.674. The Morgan fingerprint density at radius 3 is 2.58 bits per heavy atom. The van der Waals surface area contributed by atoms with Gasteiger partial charge in [-0.15, -0.1) is 0 Å². The SMILES string of the molecule is CCCC1(CNC2COC2)CC1. The second-order valence-electron chi connectivity index (χ2n) is 4.37. The van der Waals surface area contributed by atoms with E-state index in [0.29, 0.717) is 11.5 Å². The molecule has 1 aliphatic carbocycles. The predicted molar refractivity (Wildman–Crippen MR) is 49.2 cm³/mol. The molecule has 0 spiro atoms. The lowest BCUT2D eigenvalue weighted by Gasteiger charge is -2.29. The fourth-order valence-electron chi connectivity index (χ4n) is 1.94. The lowest BCUT2D eigenvalue weighted by molar-refractivity contribution is -0.00715. The molecule has 0 bridgehead atoms. The lowest BCUT2D eigenvalue weighted by Crippen LogP contribution is -2.47. The topological polar surface area (TPSA) is 21.3 Å². The van der Waals surface area contributed by atoms with Gasteiger partial charge in [0, 0.05) is 6.54 Å². The zero-order chi connectivity index (χ0) is 8.44. The lowest BCUT2D eigenvalue weighted by atomic mass is 10.0. The molecule has 12 heavy (non-hydrogen) atoms. The molecule has 0 unspecified atom stereocenters. The Labute approximate surface area is 74.7 Å². The molecule has 1 saturated heterocycles. The smallest absolute Gasteiger partial charge is 0.0643 e. The Kier molecular flexibility index (Phi) is 2.37. The van der Waals surface area contributed by atoms with Crippen LogP contribution in [0.5, 0.6) is 0 Å². The van der Waals surface area contributed by atoms with Crippen LogP contribution in [0, 0.1) is 5.41 Å². The second kappa shape index (κ2) is 3.35. The van der Waals surface area contributed by atoms with E-state index in [0.717, 1.165) is 13.2 Å². The van der Waals surface area contributed by atoms with Crippen LogP contribution in [0.4, 0.5) is 0 Å². The van der Waals surface area contributed by atoms with E-state index in [-0.39, 0.29) is 0 Å². The van der Waals surface area contributed by atoms with Crippen molar-refractivity contribution in [2.24, 2.45) is 5.41 Å². The van der Waals surface area contributed by atoms with Crippen molar-refractivity contribution >= 4 is 0 Å². The van der Waals surface area contributed by atoms with Crippen molar-refractivity contribution < 1.29 is 4.74 Å². The van der Waals surface area contributed by atoms with E-state index in [1.165, 1.54) is 32.2 Å². The maximum Gasteiger partial charge on any atom is 0.0643 e. The zero-order valence-electron chi connectivity index (χ0n) is 7.94. The molecule has 0 atom stereocenters. The average molecular weight is 169 g/mol. The molecule has 2 fully saturated rings. The highest BCUT2D eigenvalue weighted by atomic mass is 16.5. The molecule has 2 rings (SSSR count). The highest BCUT2D eigenvalue weighted by Gasteiger charge is 2.41. The van der Waals surface area contributed by atoms with Gasteiger partial charge in [0.1, 0.15) is 0 Å². The van der Waals surface area contributed by atoms with Crippen molar-refractivity contribution in [1.29, 1.82) is 0 Å². The third kappa shape index (κ3) is 1.80. The molecule has 0 aromatic heterocycles. The van der Waals surface area contributed by atoms with Gasteiger partial charge in [0.2, 0.25) is 0 Å². The highest BCUT2D eigenvalue weighted by Crippen LogP contribution is 2.49. The molecule has 1 aliphatic heterocycles. The summed E-state index contributed by atoms with van der Waals surface area (Å²) in [5, 5.41) is 3.58. The molecule has 2 aliphatic rings. The van der Waals surface area contributed by atoms with Crippen molar-refractivity contribution in [2.45, 2.75) is 38.6 Å². The van der Waals surface area contributed by atoms with Crippen LogP contribution < -0.4 is 5.32 Å². The van der Waals surface area contributed by atoms with Crippen LogP contribution in [0.3, 0.4) is 0 Å². The van der Waals surface area contributed by atoms with Crippen LogP contribution in [-0.2, 0) is 4.74 Å². The first-order chi connectivity index (χ1) is 5.85. The molecule has 0 aromatic carbocycles. The molecular formula is C10H19NO. The van der Waals surface area contributed by atoms with E-state index in [2.05, 4.69) is 12.2 Å². The molecular weight excluding hydrogens is 150 g/mol. The second-order valence-corrected chi connectivity index (χ2v) is 4.37. The molecule has 0 aromatic rings. The number of nitrogens with one attached hydrogen (secondary N) is 1. The van der Waals surface area contributed by atoms with Crippen molar-refractivity contribution in [3.05, 3.63) is 0 Å². The largest absolute Gasteiger partial charge is 0.378 e. The Balaban J connectivity index is 1.64.